The van der Waals surface area contributed by atoms with Gasteiger partial charge in [-0.25, -0.2) is 9.48 Å². The van der Waals surface area contributed by atoms with Gasteiger partial charge in [-0.1, -0.05) is 5.16 Å². The molecular weight excluding hydrogens is 472 g/mol. The number of nitrogens with one attached hydrogen (secondary N) is 1. The highest BCUT2D eigenvalue weighted by molar-refractivity contribution is 8.00. The first-order chi connectivity index (χ1) is 15.8. The van der Waals surface area contributed by atoms with Gasteiger partial charge in [0.05, 0.1) is 24.4 Å². The molecule has 2 amide bonds. The lowest BCUT2D eigenvalue weighted by Crippen LogP contribution is -2.71. The van der Waals surface area contributed by atoms with E-state index in [-0.39, 0.29) is 16.7 Å². The Balaban J connectivity index is 1.35. The molecule has 0 spiro atoms. The largest absolute Gasteiger partial charge is 0.543 e. The average molecular weight is 491 g/mol. The topological polar surface area (TPSA) is 186 Å². The predicted molar refractivity (Wildman–Crippen MR) is 116 cm³/mol. The van der Waals surface area contributed by atoms with Gasteiger partial charge in [-0.3, -0.25) is 14.5 Å². The maximum Gasteiger partial charge on any atom is 0.278 e. The molecule has 1 aromatic rings. The third-order valence-electron chi connectivity index (χ3n) is 6.04. The van der Waals surface area contributed by atoms with Crippen LogP contribution in [0.1, 0.15) is 18.7 Å². The number of rotatable bonds is 6. The van der Waals surface area contributed by atoms with Crippen LogP contribution >= 0.6 is 23.3 Å². The number of hydrogen-bond acceptors (Lipinski definition) is 12. The van der Waals surface area contributed by atoms with Crippen LogP contribution in [0.5, 0.6) is 0 Å². The molecule has 1 aromatic heterocycles. The Kier molecular flexibility index (Phi) is 5.18. The SMILES string of the molecule is Nc1nc(/C(=N/O)C(=O)N[C@@H]2C(=O)N3C(C(=O)[O-])=C(C[N+]45C=NC=C4CCC5)CS[C@H]23)ns1. The number of aromatic nitrogens is 2. The van der Waals surface area contributed by atoms with E-state index in [4.69, 9.17) is 5.73 Å². The Hall–Kier alpha value is -3.30. The number of carbonyl (C=O) groups is 3. The summed E-state index contributed by atoms with van der Waals surface area (Å²) in [4.78, 5) is 46.7. The summed E-state index contributed by atoms with van der Waals surface area (Å²) in [5, 5.41) is 26.1. The summed E-state index contributed by atoms with van der Waals surface area (Å²) in [6, 6.07) is -1.01. The second-order valence-corrected chi connectivity index (χ2v) is 9.80. The van der Waals surface area contributed by atoms with Crippen molar-refractivity contribution in [3.05, 3.63) is 29.0 Å². The summed E-state index contributed by atoms with van der Waals surface area (Å²) < 4.78 is 4.29. The van der Waals surface area contributed by atoms with E-state index in [0.29, 0.717) is 22.4 Å². The van der Waals surface area contributed by atoms with E-state index in [2.05, 4.69) is 24.8 Å². The second kappa shape index (κ2) is 7.93. The summed E-state index contributed by atoms with van der Waals surface area (Å²) in [5.41, 5.74) is 6.57. The van der Waals surface area contributed by atoms with Gasteiger partial charge in [-0.2, -0.15) is 9.36 Å². The van der Waals surface area contributed by atoms with E-state index in [1.807, 2.05) is 12.5 Å². The van der Waals surface area contributed by atoms with Crippen molar-refractivity contribution in [2.24, 2.45) is 10.1 Å². The van der Waals surface area contributed by atoms with Crippen LogP contribution in [0.15, 0.2) is 33.3 Å². The third kappa shape index (κ3) is 3.39. The number of nitrogen functional groups attached to an aromatic ring is 1. The van der Waals surface area contributed by atoms with Gasteiger partial charge >= 0.3 is 0 Å². The van der Waals surface area contributed by atoms with Crippen molar-refractivity contribution in [1.82, 2.24) is 19.6 Å². The monoisotopic (exact) mass is 490 g/mol. The summed E-state index contributed by atoms with van der Waals surface area (Å²) in [5.74, 6) is -2.72. The standard InChI is InChI=1S/C18H18N8O5S2/c19-18-22-13(24-33-18)10(23-31)14(27)21-11-15(28)25-12(17(29)30)8(6-32-16(11)25)5-26-3-1-2-9(26)4-20-7-26/h4,7,11,16H,1-3,5-6H2,(H4-,19,21,22,24,27,29,30,31)/t11-,16-,26?/m1/s1. The van der Waals surface area contributed by atoms with Crippen LogP contribution < -0.4 is 16.2 Å². The smallest absolute Gasteiger partial charge is 0.278 e. The van der Waals surface area contributed by atoms with E-state index in [1.54, 1.807) is 0 Å². The normalized spacial score (nSPS) is 28.4. The van der Waals surface area contributed by atoms with Gasteiger partial charge in [0.15, 0.2) is 11.5 Å². The van der Waals surface area contributed by atoms with Crippen LogP contribution in [-0.4, -0.2) is 84.0 Å². The number of aliphatic carboxylic acids is 1. The van der Waals surface area contributed by atoms with Gasteiger partial charge in [0.25, 0.3) is 11.8 Å². The number of quaternary nitrogens is 1. The van der Waals surface area contributed by atoms with Crippen LogP contribution in [0.25, 0.3) is 0 Å². The number of amides is 2. The molecule has 0 aromatic carbocycles. The molecule has 4 aliphatic rings. The third-order valence-corrected chi connectivity index (χ3v) is 7.92. The van der Waals surface area contributed by atoms with Crippen molar-refractivity contribution in [3.8, 4) is 0 Å². The summed E-state index contributed by atoms with van der Waals surface area (Å²) >= 11 is 2.16. The first kappa shape index (κ1) is 21.5. The van der Waals surface area contributed by atoms with Gasteiger partial charge in [0, 0.05) is 35.7 Å². The van der Waals surface area contributed by atoms with E-state index in [0.717, 1.165) is 41.5 Å². The van der Waals surface area contributed by atoms with Crippen molar-refractivity contribution >= 4 is 58.3 Å². The van der Waals surface area contributed by atoms with Crippen LogP contribution in [0, 0.1) is 0 Å². The number of carboxylic acids is 1. The van der Waals surface area contributed by atoms with Crippen LogP contribution in [0.2, 0.25) is 0 Å². The molecule has 15 heteroatoms. The highest BCUT2D eigenvalue weighted by Crippen LogP contribution is 2.42. The molecular formula is C18H18N8O5S2. The number of carbonyl (C=O) groups excluding carboxylic acids is 3. The lowest BCUT2D eigenvalue weighted by Gasteiger charge is -2.51. The van der Waals surface area contributed by atoms with Crippen molar-refractivity contribution in [3.63, 3.8) is 0 Å². The Labute approximate surface area is 195 Å². The fourth-order valence-corrected chi connectivity index (χ4v) is 6.32. The molecule has 172 valence electrons. The minimum atomic E-state index is -1.44. The zero-order valence-corrected chi connectivity index (χ0v) is 18.6. The fraction of sp³-hybridized carbons (Fsp3) is 0.389. The number of aliphatic imine (C=N–C) groups is 1. The molecule has 0 radical (unpaired) electrons. The zero-order valence-electron chi connectivity index (χ0n) is 17.0. The Bertz CT molecular complexity index is 1190. The van der Waals surface area contributed by atoms with Crippen molar-refractivity contribution in [2.75, 3.05) is 24.6 Å². The molecule has 1 unspecified atom stereocenters. The number of β-lactam (4-membered cyclic amide) rings is 1. The van der Waals surface area contributed by atoms with E-state index in [9.17, 15) is 24.7 Å². The van der Waals surface area contributed by atoms with Crippen molar-refractivity contribution in [2.45, 2.75) is 24.3 Å². The number of nitrogens with two attached hydrogens (primary N) is 1. The van der Waals surface area contributed by atoms with Crippen molar-refractivity contribution < 1.29 is 29.2 Å². The predicted octanol–water partition coefficient (Wildman–Crippen LogP) is -1.80. The van der Waals surface area contributed by atoms with Gasteiger partial charge in [0.1, 0.15) is 23.7 Å². The lowest BCUT2D eigenvalue weighted by molar-refractivity contribution is -0.777. The number of fused-ring (bicyclic) bond motifs is 2. The van der Waals surface area contributed by atoms with Crippen LogP contribution in [-0.2, 0) is 14.4 Å². The molecule has 33 heavy (non-hydrogen) atoms. The molecule has 0 aliphatic carbocycles. The second-order valence-electron chi connectivity index (χ2n) is 7.91. The van der Waals surface area contributed by atoms with Gasteiger partial charge in [-0.15, -0.1) is 11.8 Å². The quantitative estimate of drug-likeness (QED) is 0.136. The van der Waals surface area contributed by atoms with Crippen molar-refractivity contribution in [1.29, 1.82) is 0 Å². The van der Waals surface area contributed by atoms with E-state index in [1.165, 1.54) is 11.8 Å². The first-order valence-electron chi connectivity index (χ1n) is 9.96. The molecule has 5 rings (SSSR count). The van der Waals surface area contributed by atoms with Gasteiger partial charge < -0.3 is 26.2 Å². The number of allylic oxidation sites excluding steroid dienone is 1. The zero-order chi connectivity index (χ0) is 23.3. The molecule has 2 saturated heterocycles. The maximum atomic E-state index is 12.9. The number of carboxylic acid groups (broad SMARTS) is 1. The molecule has 4 N–H and O–H groups in total. The molecule has 5 heterocycles. The Morgan fingerprint density at radius 2 is 2.27 bits per heavy atom. The number of thioether (sulfide) groups is 1. The number of oxime groups is 1. The lowest BCUT2D eigenvalue weighted by atomic mass is 10.0. The molecule has 13 nitrogen and oxygen atoms in total. The Morgan fingerprint density at radius 3 is 2.97 bits per heavy atom. The molecule has 3 atom stereocenters. The summed E-state index contributed by atoms with van der Waals surface area (Å²) in [7, 11) is 0. The highest BCUT2D eigenvalue weighted by Gasteiger charge is 2.54. The first-order valence-corrected chi connectivity index (χ1v) is 11.8. The number of hydrogen-bond donors (Lipinski definition) is 3. The minimum Gasteiger partial charge on any atom is -0.543 e. The molecule has 0 bridgehead atoms. The van der Waals surface area contributed by atoms with Gasteiger partial charge in [-0.05, 0) is 0 Å². The maximum absolute atomic E-state index is 12.9. The van der Waals surface area contributed by atoms with Gasteiger partial charge in [0.2, 0.25) is 11.5 Å². The minimum absolute atomic E-state index is 0.0781. The molecule has 4 aliphatic heterocycles. The fourth-order valence-electron chi connectivity index (χ4n) is 4.55. The average Bonchev–Trinajstić information content (AvgIpc) is 3.48. The van der Waals surface area contributed by atoms with Crippen LogP contribution in [0.3, 0.4) is 0 Å². The van der Waals surface area contributed by atoms with Crippen LogP contribution in [0.4, 0.5) is 5.13 Å². The summed E-state index contributed by atoms with van der Waals surface area (Å²) in [6.45, 7) is 1.22. The number of nitrogens with zero attached hydrogens (tertiary/aromatic N) is 6. The molecule has 0 saturated carbocycles. The van der Waals surface area contributed by atoms with E-state index >= 15 is 0 Å². The summed E-state index contributed by atoms with van der Waals surface area (Å²) in [6.07, 6.45) is 5.51. The number of anilines is 1. The molecule has 2 fully saturated rings. The van der Waals surface area contributed by atoms with E-state index < -0.39 is 34.9 Å². The highest BCUT2D eigenvalue weighted by atomic mass is 32.2. The Morgan fingerprint density at radius 1 is 1.45 bits per heavy atom.